The summed E-state index contributed by atoms with van der Waals surface area (Å²) >= 11 is 0. The highest BCUT2D eigenvalue weighted by atomic mass is 16.6. The van der Waals surface area contributed by atoms with Gasteiger partial charge in [0.05, 0.1) is 17.7 Å². The van der Waals surface area contributed by atoms with Gasteiger partial charge in [-0.05, 0) is 37.1 Å². The van der Waals surface area contributed by atoms with Crippen LogP contribution in [-0.2, 0) is 0 Å². The molecule has 1 saturated heterocycles. The number of hydrogen-bond acceptors (Lipinski definition) is 7. The van der Waals surface area contributed by atoms with Crippen molar-refractivity contribution >= 4 is 18.7 Å². The lowest BCUT2D eigenvalue weighted by Gasteiger charge is -2.32. The molecule has 0 radical (unpaired) electrons. The number of nitrogens with zero attached hydrogens (tertiary/aromatic N) is 1. The molecule has 1 aliphatic heterocycles. The normalized spacial score (nSPS) is 16.1. The number of amides is 1. The summed E-state index contributed by atoms with van der Waals surface area (Å²) in [5, 5.41) is 19.4. The van der Waals surface area contributed by atoms with Crippen molar-refractivity contribution in [3.05, 3.63) is 47.5 Å². The van der Waals surface area contributed by atoms with Crippen LogP contribution in [0.15, 0.2) is 36.4 Å². The van der Waals surface area contributed by atoms with Crippen molar-refractivity contribution in [3.8, 4) is 23.0 Å². The number of carbonyl (C=O) groups is 3. The lowest BCUT2D eigenvalue weighted by atomic mass is 9.99. The van der Waals surface area contributed by atoms with Gasteiger partial charge in [-0.1, -0.05) is 12.1 Å². The molecule has 0 aromatic heterocycles. The molecular formula is C21H21NO7. The Bertz CT molecular complexity index is 912. The summed E-state index contributed by atoms with van der Waals surface area (Å²) in [6.07, 6.45) is 1.92. The molecule has 3 rings (SSSR count). The first kappa shape index (κ1) is 20.2. The molecule has 0 spiro atoms. The zero-order chi connectivity index (χ0) is 20.8. The molecule has 0 aliphatic carbocycles. The van der Waals surface area contributed by atoms with E-state index in [1.165, 1.54) is 29.2 Å². The molecule has 2 aromatic rings. The Balaban J connectivity index is 1.61. The van der Waals surface area contributed by atoms with Crippen molar-refractivity contribution in [2.45, 2.75) is 12.8 Å². The number of phenolic OH excluding ortho intramolecular Hbond substituents is 2. The molecule has 8 nitrogen and oxygen atoms in total. The number of benzene rings is 2. The zero-order valence-electron chi connectivity index (χ0n) is 15.6. The van der Waals surface area contributed by atoms with E-state index in [-0.39, 0.29) is 46.6 Å². The number of piperidine rings is 1. The van der Waals surface area contributed by atoms with E-state index < -0.39 is 6.09 Å². The third-order valence-electron chi connectivity index (χ3n) is 4.77. The van der Waals surface area contributed by atoms with Gasteiger partial charge < -0.3 is 24.6 Å². The Kier molecular flexibility index (Phi) is 6.33. The highest BCUT2D eigenvalue weighted by Crippen LogP contribution is 2.28. The van der Waals surface area contributed by atoms with E-state index >= 15 is 0 Å². The number of aromatic hydroxyl groups is 2. The zero-order valence-corrected chi connectivity index (χ0v) is 15.6. The van der Waals surface area contributed by atoms with Crippen molar-refractivity contribution in [2.75, 3.05) is 19.7 Å². The van der Waals surface area contributed by atoms with Crippen LogP contribution in [0.2, 0.25) is 0 Å². The molecule has 152 valence electrons. The minimum Gasteiger partial charge on any atom is -0.507 e. The molecule has 1 heterocycles. The predicted octanol–water partition coefficient (Wildman–Crippen LogP) is 3.01. The van der Waals surface area contributed by atoms with Crippen LogP contribution in [0.25, 0.3) is 0 Å². The van der Waals surface area contributed by atoms with Crippen molar-refractivity contribution < 1.29 is 34.1 Å². The Labute approximate surface area is 167 Å². The highest BCUT2D eigenvalue weighted by Gasteiger charge is 2.26. The second-order valence-electron chi connectivity index (χ2n) is 6.75. The van der Waals surface area contributed by atoms with Gasteiger partial charge in [-0.3, -0.25) is 9.59 Å². The Hall–Kier alpha value is -3.55. The fraction of sp³-hybridized carbons (Fsp3) is 0.286. The van der Waals surface area contributed by atoms with Gasteiger partial charge in [0.2, 0.25) is 0 Å². The second kappa shape index (κ2) is 9.09. The molecule has 2 N–H and O–H groups in total. The van der Waals surface area contributed by atoms with E-state index in [0.29, 0.717) is 25.7 Å². The van der Waals surface area contributed by atoms with Gasteiger partial charge in [-0.25, -0.2) is 4.79 Å². The number of rotatable bonds is 6. The summed E-state index contributed by atoms with van der Waals surface area (Å²) in [6, 6.07) is 8.85. The quantitative estimate of drug-likeness (QED) is 0.718. The number of ether oxygens (including phenoxy) is 2. The molecule has 8 heteroatoms. The molecule has 0 saturated carbocycles. The summed E-state index contributed by atoms with van der Waals surface area (Å²) in [4.78, 5) is 36.3. The standard InChI is InChI=1S/C21H21NO7/c23-11-15-17(25)5-1-7-19(15)28-13-14-4-3-9-22(10-14)21(27)29-20-8-2-6-18(26)16(20)12-24/h1-2,5-8,11-12,14,25-26H,3-4,9-10,13H2. The van der Waals surface area contributed by atoms with E-state index in [1.807, 2.05) is 0 Å². The van der Waals surface area contributed by atoms with Crippen LogP contribution in [0.3, 0.4) is 0 Å². The highest BCUT2D eigenvalue weighted by molar-refractivity contribution is 5.85. The molecule has 1 fully saturated rings. The van der Waals surface area contributed by atoms with Gasteiger partial charge in [-0.2, -0.15) is 0 Å². The van der Waals surface area contributed by atoms with E-state index in [1.54, 1.807) is 12.1 Å². The molecule has 1 atom stereocenters. The minimum atomic E-state index is -0.616. The van der Waals surface area contributed by atoms with Crippen LogP contribution in [0.1, 0.15) is 33.6 Å². The summed E-state index contributed by atoms with van der Waals surface area (Å²) in [5.74, 6) is -0.113. The van der Waals surface area contributed by atoms with Gasteiger partial charge >= 0.3 is 6.09 Å². The van der Waals surface area contributed by atoms with Gasteiger partial charge in [0, 0.05) is 19.0 Å². The van der Waals surface area contributed by atoms with Crippen molar-refractivity contribution in [3.63, 3.8) is 0 Å². The van der Waals surface area contributed by atoms with E-state index in [2.05, 4.69) is 0 Å². The number of likely N-dealkylation sites (tertiary alicyclic amines) is 1. The average molecular weight is 399 g/mol. The molecule has 1 unspecified atom stereocenters. The number of carbonyl (C=O) groups excluding carboxylic acids is 3. The lowest BCUT2D eigenvalue weighted by molar-refractivity contribution is 0.107. The first-order valence-corrected chi connectivity index (χ1v) is 9.17. The second-order valence-corrected chi connectivity index (χ2v) is 6.75. The summed E-state index contributed by atoms with van der Waals surface area (Å²) in [6.45, 7) is 1.14. The average Bonchev–Trinajstić information content (AvgIpc) is 2.72. The van der Waals surface area contributed by atoms with Gasteiger partial charge in [-0.15, -0.1) is 0 Å². The van der Waals surface area contributed by atoms with E-state index in [4.69, 9.17) is 9.47 Å². The number of phenols is 2. The molecule has 2 aromatic carbocycles. The first-order valence-electron chi connectivity index (χ1n) is 9.17. The lowest BCUT2D eigenvalue weighted by Crippen LogP contribution is -2.43. The third kappa shape index (κ3) is 4.66. The van der Waals surface area contributed by atoms with Gasteiger partial charge in [0.1, 0.15) is 23.0 Å². The van der Waals surface area contributed by atoms with Crippen molar-refractivity contribution in [1.29, 1.82) is 0 Å². The van der Waals surface area contributed by atoms with Gasteiger partial charge in [0.25, 0.3) is 0 Å². The molecule has 1 amide bonds. The summed E-state index contributed by atoms with van der Waals surface area (Å²) in [5.41, 5.74) is 0.00729. The number of aldehydes is 2. The number of hydrogen-bond donors (Lipinski definition) is 2. The first-order chi connectivity index (χ1) is 14.0. The fourth-order valence-electron chi connectivity index (χ4n) is 3.25. The van der Waals surface area contributed by atoms with Crippen LogP contribution < -0.4 is 9.47 Å². The topological polar surface area (TPSA) is 113 Å². The molecular weight excluding hydrogens is 378 g/mol. The monoisotopic (exact) mass is 399 g/mol. The van der Waals surface area contributed by atoms with Crippen LogP contribution >= 0.6 is 0 Å². The maximum absolute atomic E-state index is 12.5. The van der Waals surface area contributed by atoms with Crippen molar-refractivity contribution in [2.24, 2.45) is 5.92 Å². The maximum Gasteiger partial charge on any atom is 0.415 e. The Morgan fingerprint density at radius 1 is 1.03 bits per heavy atom. The van der Waals surface area contributed by atoms with E-state index in [9.17, 15) is 24.6 Å². The molecule has 0 bridgehead atoms. The van der Waals surface area contributed by atoms with Crippen molar-refractivity contribution in [1.82, 2.24) is 4.90 Å². The third-order valence-corrected chi connectivity index (χ3v) is 4.77. The Morgan fingerprint density at radius 3 is 2.31 bits per heavy atom. The largest absolute Gasteiger partial charge is 0.507 e. The van der Waals surface area contributed by atoms with Gasteiger partial charge in [0.15, 0.2) is 12.6 Å². The summed E-state index contributed by atoms with van der Waals surface area (Å²) in [7, 11) is 0. The van der Waals surface area contributed by atoms with Crippen LogP contribution in [0.4, 0.5) is 4.79 Å². The molecule has 1 aliphatic rings. The summed E-state index contributed by atoms with van der Waals surface area (Å²) < 4.78 is 11.0. The predicted molar refractivity (Wildman–Crippen MR) is 103 cm³/mol. The minimum absolute atomic E-state index is 0.00115. The molecule has 29 heavy (non-hydrogen) atoms. The van der Waals surface area contributed by atoms with Crippen LogP contribution in [-0.4, -0.2) is 53.5 Å². The Morgan fingerprint density at radius 2 is 1.66 bits per heavy atom. The van der Waals surface area contributed by atoms with E-state index in [0.717, 1.165) is 12.8 Å². The van der Waals surface area contributed by atoms with Crippen LogP contribution in [0.5, 0.6) is 23.0 Å². The SMILES string of the molecule is O=Cc1c(O)cccc1OCC1CCCN(C(=O)Oc2cccc(O)c2C=O)C1. The van der Waals surface area contributed by atoms with Crippen LogP contribution in [0, 0.1) is 5.92 Å². The fourth-order valence-corrected chi connectivity index (χ4v) is 3.25. The smallest absolute Gasteiger partial charge is 0.415 e. The maximum atomic E-state index is 12.5.